The van der Waals surface area contributed by atoms with Crippen LogP contribution in [0.15, 0.2) is 30.6 Å². The van der Waals surface area contributed by atoms with Gasteiger partial charge in [-0.3, -0.25) is 4.79 Å². The second-order valence-corrected chi connectivity index (χ2v) is 4.90. The zero-order valence-electron chi connectivity index (χ0n) is 14.3. The summed E-state index contributed by atoms with van der Waals surface area (Å²) >= 11 is 0. The molecule has 0 spiro atoms. The minimum absolute atomic E-state index is 0.0508. The van der Waals surface area contributed by atoms with E-state index >= 15 is 0 Å². The maximum Gasteiger partial charge on any atom is 0.220 e. The van der Waals surface area contributed by atoms with Crippen LogP contribution in [-0.2, 0) is 16.1 Å². The second kappa shape index (κ2) is 10.9. The number of carbonyl (C=O) groups excluding carboxylic acids is 2. The number of nitrogens with zero attached hydrogens (tertiary/aromatic N) is 4. The molecule has 1 aromatic carbocycles. The van der Waals surface area contributed by atoms with E-state index in [4.69, 9.17) is 0 Å². The first-order valence-electron chi connectivity index (χ1n) is 8.01. The summed E-state index contributed by atoms with van der Waals surface area (Å²) in [5, 5.41) is 17.9. The monoisotopic (exact) mass is 329 g/mol. The minimum atomic E-state index is -0.0508. The molecule has 128 valence electrons. The molecule has 1 heterocycles. The fourth-order valence-corrected chi connectivity index (χ4v) is 1.88. The third-order valence-corrected chi connectivity index (χ3v) is 3.04. The molecule has 0 aliphatic heterocycles. The number of Topliss-reactive ketones (excluding diaryl/α,β-unsaturated/α-hetero) is 1. The lowest BCUT2D eigenvalue weighted by molar-refractivity contribution is -0.121. The molecule has 0 fully saturated rings. The third kappa shape index (κ3) is 7.04. The Kier molecular flexibility index (Phi) is 8.81. The smallest absolute Gasteiger partial charge is 0.220 e. The van der Waals surface area contributed by atoms with Gasteiger partial charge in [0.15, 0.2) is 6.33 Å². The van der Waals surface area contributed by atoms with Crippen LogP contribution in [0.4, 0.5) is 0 Å². The molecule has 2 rings (SSSR count). The first-order valence-corrected chi connectivity index (χ1v) is 8.01. The first kappa shape index (κ1) is 19.3. The number of ketones is 1. The zero-order chi connectivity index (χ0) is 17.8. The molecule has 0 atom stereocenters. The Labute approximate surface area is 141 Å². The highest BCUT2D eigenvalue weighted by atomic mass is 16.1. The lowest BCUT2D eigenvalue weighted by atomic mass is 10.1. The van der Waals surface area contributed by atoms with Crippen molar-refractivity contribution in [3.05, 3.63) is 36.2 Å². The molecule has 0 bridgehead atoms. The number of benzene rings is 1. The fourth-order valence-electron chi connectivity index (χ4n) is 1.88. The van der Waals surface area contributed by atoms with E-state index in [9.17, 15) is 9.59 Å². The highest BCUT2D eigenvalue weighted by molar-refractivity contribution is 5.78. The quantitative estimate of drug-likeness (QED) is 0.837. The van der Waals surface area contributed by atoms with E-state index in [1.165, 1.54) is 13.3 Å². The Morgan fingerprint density at radius 2 is 1.62 bits per heavy atom. The molecular weight excluding hydrogens is 306 g/mol. The van der Waals surface area contributed by atoms with Crippen molar-refractivity contribution in [3.63, 3.8) is 0 Å². The number of rotatable bonds is 7. The molecule has 7 heteroatoms. The van der Waals surface area contributed by atoms with Crippen molar-refractivity contribution in [2.45, 2.75) is 46.6 Å². The van der Waals surface area contributed by atoms with Crippen molar-refractivity contribution in [2.24, 2.45) is 0 Å². The van der Waals surface area contributed by atoms with Gasteiger partial charge in [-0.1, -0.05) is 38.1 Å². The number of carbonyl (C=O) groups is 2. The number of amides is 1. The van der Waals surface area contributed by atoms with Crippen LogP contribution in [0.3, 0.4) is 0 Å². The molecule has 1 aromatic heterocycles. The van der Waals surface area contributed by atoms with Crippen LogP contribution >= 0.6 is 0 Å². The van der Waals surface area contributed by atoms with Crippen LogP contribution in [-0.4, -0.2) is 32.1 Å². The fraction of sp³-hybridized carbons (Fsp3) is 0.412. The van der Waals surface area contributed by atoms with Crippen molar-refractivity contribution in [3.8, 4) is 11.4 Å². The Balaban J connectivity index is 0.00000139. The molecule has 0 saturated carbocycles. The van der Waals surface area contributed by atoms with Crippen LogP contribution in [0, 0.1) is 0 Å². The summed E-state index contributed by atoms with van der Waals surface area (Å²) in [5.74, 6) is 0.517. The topological polar surface area (TPSA) is 97.7 Å². The number of nitrogens with one attached hydrogen (secondary N) is 1. The van der Waals surface area contributed by atoms with Crippen molar-refractivity contribution in [1.82, 2.24) is 25.7 Å². The van der Waals surface area contributed by atoms with Gasteiger partial charge in [-0.2, -0.15) is 0 Å². The average Bonchev–Trinajstić information content (AvgIpc) is 2.62. The molecular formula is C17H23N5O2. The van der Waals surface area contributed by atoms with Gasteiger partial charge in [0, 0.05) is 24.9 Å². The lowest BCUT2D eigenvalue weighted by Gasteiger charge is -2.05. The first-order chi connectivity index (χ1) is 11.6. The number of hydrogen-bond acceptors (Lipinski definition) is 6. The molecule has 0 aliphatic carbocycles. The summed E-state index contributed by atoms with van der Waals surface area (Å²) in [6, 6.07) is 7.49. The molecule has 0 radical (unpaired) electrons. The molecule has 24 heavy (non-hydrogen) atoms. The van der Waals surface area contributed by atoms with Gasteiger partial charge >= 0.3 is 0 Å². The Morgan fingerprint density at radius 3 is 2.21 bits per heavy atom. The summed E-state index contributed by atoms with van der Waals surface area (Å²) < 4.78 is 0. The van der Waals surface area contributed by atoms with E-state index in [-0.39, 0.29) is 11.7 Å². The van der Waals surface area contributed by atoms with E-state index in [1.54, 1.807) is 0 Å². The van der Waals surface area contributed by atoms with Crippen molar-refractivity contribution in [1.29, 1.82) is 0 Å². The summed E-state index contributed by atoms with van der Waals surface area (Å²) in [4.78, 5) is 22.4. The molecule has 0 saturated heterocycles. The molecule has 0 aliphatic rings. The zero-order valence-corrected chi connectivity index (χ0v) is 14.3. The Morgan fingerprint density at radius 1 is 1.00 bits per heavy atom. The number of aromatic nitrogens is 4. The third-order valence-electron chi connectivity index (χ3n) is 3.04. The van der Waals surface area contributed by atoms with Gasteiger partial charge in [0.2, 0.25) is 11.7 Å². The van der Waals surface area contributed by atoms with Gasteiger partial charge in [0.05, 0.1) is 0 Å². The van der Waals surface area contributed by atoms with Crippen molar-refractivity contribution < 1.29 is 9.59 Å². The summed E-state index contributed by atoms with van der Waals surface area (Å²) in [6.45, 7) is 5.98. The van der Waals surface area contributed by atoms with Crippen LogP contribution in [0.1, 0.15) is 45.6 Å². The summed E-state index contributed by atoms with van der Waals surface area (Å²) in [7, 11) is 0. The van der Waals surface area contributed by atoms with Crippen molar-refractivity contribution >= 4 is 11.7 Å². The van der Waals surface area contributed by atoms with E-state index in [1.807, 2.05) is 38.1 Å². The van der Waals surface area contributed by atoms with Crippen LogP contribution < -0.4 is 5.32 Å². The van der Waals surface area contributed by atoms with E-state index in [2.05, 4.69) is 25.7 Å². The SMILES string of the molecule is CC.CC(=O)CCCC(=O)NCc1ccc(-c2nncnn2)cc1. The average molecular weight is 329 g/mol. The predicted molar refractivity (Wildman–Crippen MR) is 90.8 cm³/mol. The summed E-state index contributed by atoms with van der Waals surface area (Å²) in [5.41, 5.74) is 1.79. The van der Waals surface area contributed by atoms with Gasteiger partial charge in [0.25, 0.3) is 0 Å². The van der Waals surface area contributed by atoms with Crippen LogP contribution in [0.25, 0.3) is 11.4 Å². The highest BCUT2D eigenvalue weighted by Gasteiger charge is 2.04. The molecule has 2 aromatic rings. The normalized spacial score (nSPS) is 9.62. The van der Waals surface area contributed by atoms with E-state index in [0.29, 0.717) is 31.6 Å². The molecule has 1 N–H and O–H groups in total. The van der Waals surface area contributed by atoms with E-state index < -0.39 is 0 Å². The number of hydrogen-bond donors (Lipinski definition) is 1. The van der Waals surface area contributed by atoms with Gasteiger partial charge in [0.1, 0.15) is 5.78 Å². The molecule has 0 unspecified atom stereocenters. The van der Waals surface area contributed by atoms with Crippen LogP contribution in [0.5, 0.6) is 0 Å². The van der Waals surface area contributed by atoms with E-state index in [0.717, 1.165) is 11.1 Å². The van der Waals surface area contributed by atoms with Crippen LogP contribution in [0.2, 0.25) is 0 Å². The second-order valence-electron chi connectivity index (χ2n) is 4.90. The largest absolute Gasteiger partial charge is 0.352 e. The predicted octanol–water partition coefficient (Wildman–Crippen LogP) is 2.34. The Bertz CT molecular complexity index is 629. The van der Waals surface area contributed by atoms with Gasteiger partial charge in [-0.05, 0) is 18.9 Å². The van der Waals surface area contributed by atoms with Gasteiger partial charge in [-0.25, -0.2) is 0 Å². The molecule has 7 nitrogen and oxygen atoms in total. The molecule has 1 amide bonds. The standard InChI is InChI=1S/C15H17N5O2.C2H6/c1-11(21)3-2-4-14(22)16-9-12-5-7-13(8-6-12)15-19-17-10-18-20-15;1-2/h5-8,10H,2-4,9H2,1H3,(H,16,22);1-2H3. The van der Waals surface area contributed by atoms with Gasteiger partial charge < -0.3 is 10.1 Å². The Hall–Kier alpha value is -2.70. The lowest BCUT2D eigenvalue weighted by Crippen LogP contribution is -2.22. The summed E-state index contributed by atoms with van der Waals surface area (Å²) in [6.07, 6.45) is 2.68. The maximum absolute atomic E-state index is 11.6. The maximum atomic E-state index is 11.6. The van der Waals surface area contributed by atoms with Crippen molar-refractivity contribution in [2.75, 3.05) is 0 Å². The minimum Gasteiger partial charge on any atom is -0.352 e. The highest BCUT2D eigenvalue weighted by Crippen LogP contribution is 2.13. The van der Waals surface area contributed by atoms with Gasteiger partial charge in [-0.15, -0.1) is 20.4 Å².